The van der Waals surface area contributed by atoms with Crippen molar-refractivity contribution < 1.29 is 8.78 Å². The second-order valence-corrected chi connectivity index (χ2v) is 12.9. The number of thiophene rings is 2. The van der Waals surface area contributed by atoms with E-state index in [1.165, 1.54) is 22.7 Å². The monoisotopic (exact) mass is 638 g/mol. The number of benzene rings is 3. The van der Waals surface area contributed by atoms with Gasteiger partial charge in [0.2, 0.25) is 0 Å². The highest BCUT2D eigenvalue weighted by Crippen LogP contribution is 2.45. The molecule has 0 aliphatic heterocycles. The van der Waals surface area contributed by atoms with E-state index >= 15 is 8.78 Å². The Morgan fingerprint density at radius 1 is 0.528 bits per heavy atom. The van der Waals surface area contributed by atoms with Gasteiger partial charge in [-0.25, -0.2) is 18.7 Å². The van der Waals surface area contributed by atoms with E-state index in [0.717, 1.165) is 18.7 Å². The fourth-order valence-electron chi connectivity index (χ4n) is 4.15. The summed E-state index contributed by atoms with van der Waals surface area (Å²) in [7, 11) is 0. The van der Waals surface area contributed by atoms with Crippen molar-refractivity contribution >= 4 is 65.6 Å². The molecule has 0 saturated heterocycles. The van der Waals surface area contributed by atoms with Crippen LogP contribution in [-0.2, 0) is 0 Å². The Labute approximate surface area is 230 Å². The van der Waals surface area contributed by atoms with Gasteiger partial charge in [-0.3, -0.25) is 0 Å². The first kappa shape index (κ1) is 23.6. The minimum atomic E-state index is -0.933. The molecule has 36 heavy (non-hydrogen) atoms. The van der Waals surface area contributed by atoms with Gasteiger partial charge in [0.15, 0.2) is 11.6 Å². The van der Waals surface area contributed by atoms with Gasteiger partial charge in [-0.05, 0) is 56.1 Å². The van der Waals surface area contributed by atoms with Crippen LogP contribution in [0.2, 0.25) is 0 Å². The molecule has 0 atom stereocenters. The zero-order valence-electron chi connectivity index (χ0n) is 18.3. The Hall–Kier alpha value is -2.78. The lowest BCUT2D eigenvalue weighted by Crippen LogP contribution is -2.02. The average molecular weight is 640 g/mol. The van der Waals surface area contributed by atoms with Gasteiger partial charge in [-0.1, -0.05) is 60.7 Å². The molecule has 6 aromatic rings. The van der Waals surface area contributed by atoms with E-state index in [-0.39, 0.29) is 11.1 Å². The molecule has 0 N–H and O–H groups in total. The molecule has 0 fully saturated rings. The maximum absolute atomic E-state index is 15.9. The van der Waals surface area contributed by atoms with E-state index in [2.05, 4.69) is 31.9 Å². The SMILES string of the molecule is Fc1c(F)c(-c2ccc(Br)s2)c2nc(-c3ccccc3)c(-c3ccccc3)nc2c1-c1ccc(Br)s1. The Morgan fingerprint density at radius 3 is 1.25 bits per heavy atom. The summed E-state index contributed by atoms with van der Waals surface area (Å²) in [5.41, 5.74) is 3.76. The van der Waals surface area contributed by atoms with E-state index in [1.807, 2.05) is 72.8 Å². The van der Waals surface area contributed by atoms with E-state index < -0.39 is 11.6 Å². The van der Waals surface area contributed by atoms with Gasteiger partial charge in [-0.15, -0.1) is 22.7 Å². The van der Waals surface area contributed by atoms with E-state index in [4.69, 9.17) is 9.97 Å². The number of rotatable bonds is 4. The van der Waals surface area contributed by atoms with Gasteiger partial charge in [0.25, 0.3) is 0 Å². The number of aromatic nitrogens is 2. The Balaban J connectivity index is 1.80. The minimum Gasteiger partial charge on any atom is -0.243 e. The summed E-state index contributed by atoms with van der Waals surface area (Å²) in [5.74, 6) is -1.87. The molecule has 0 saturated carbocycles. The molecule has 6 rings (SSSR count). The van der Waals surface area contributed by atoms with Crippen molar-refractivity contribution in [1.82, 2.24) is 9.97 Å². The average Bonchev–Trinajstić information content (AvgIpc) is 3.53. The minimum absolute atomic E-state index is 0.113. The maximum Gasteiger partial charge on any atom is 0.170 e. The van der Waals surface area contributed by atoms with Gasteiger partial charge < -0.3 is 0 Å². The second-order valence-electron chi connectivity index (χ2n) is 7.94. The summed E-state index contributed by atoms with van der Waals surface area (Å²) in [6.45, 7) is 0. The summed E-state index contributed by atoms with van der Waals surface area (Å²) in [6, 6.07) is 26.5. The zero-order chi connectivity index (χ0) is 24.8. The van der Waals surface area contributed by atoms with Crippen LogP contribution < -0.4 is 0 Å². The highest BCUT2D eigenvalue weighted by Gasteiger charge is 2.27. The van der Waals surface area contributed by atoms with Crippen LogP contribution in [0.4, 0.5) is 8.78 Å². The predicted octanol–water partition coefficient (Wildman–Crippen LogP) is 10.2. The van der Waals surface area contributed by atoms with Crippen molar-refractivity contribution in [3.05, 3.63) is 104 Å². The molecule has 176 valence electrons. The summed E-state index contributed by atoms with van der Waals surface area (Å²) in [6.07, 6.45) is 0. The zero-order valence-corrected chi connectivity index (χ0v) is 23.1. The van der Waals surface area contributed by atoms with Crippen LogP contribution in [0.3, 0.4) is 0 Å². The van der Waals surface area contributed by atoms with Crippen molar-refractivity contribution in [2.24, 2.45) is 0 Å². The van der Waals surface area contributed by atoms with Crippen molar-refractivity contribution in [2.45, 2.75) is 0 Å². The largest absolute Gasteiger partial charge is 0.243 e. The number of hydrogen-bond donors (Lipinski definition) is 0. The molecule has 3 aromatic carbocycles. The third-order valence-corrected chi connectivity index (χ3v) is 9.02. The molecular weight excluding hydrogens is 626 g/mol. The summed E-state index contributed by atoms with van der Waals surface area (Å²) in [4.78, 5) is 11.2. The van der Waals surface area contributed by atoms with Crippen LogP contribution >= 0.6 is 54.5 Å². The first-order valence-electron chi connectivity index (χ1n) is 10.9. The van der Waals surface area contributed by atoms with Crippen LogP contribution in [0, 0.1) is 11.6 Å². The molecular formula is C28H14Br2F2N2S2. The molecule has 3 aromatic heterocycles. The first-order valence-corrected chi connectivity index (χ1v) is 14.1. The lowest BCUT2D eigenvalue weighted by atomic mass is 10.00. The van der Waals surface area contributed by atoms with Gasteiger partial charge in [0, 0.05) is 20.9 Å². The lowest BCUT2D eigenvalue weighted by Gasteiger charge is -2.16. The van der Waals surface area contributed by atoms with Crippen LogP contribution in [-0.4, -0.2) is 9.97 Å². The van der Waals surface area contributed by atoms with Gasteiger partial charge >= 0.3 is 0 Å². The lowest BCUT2D eigenvalue weighted by molar-refractivity contribution is 0.515. The third-order valence-electron chi connectivity index (χ3n) is 5.73. The summed E-state index contributed by atoms with van der Waals surface area (Å²) < 4.78 is 33.4. The van der Waals surface area contributed by atoms with Crippen molar-refractivity contribution in [2.75, 3.05) is 0 Å². The number of hydrogen-bond acceptors (Lipinski definition) is 4. The molecule has 3 heterocycles. The normalized spacial score (nSPS) is 11.3. The van der Waals surface area contributed by atoms with Crippen molar-refractivity contribution in [3.8, 4) is 43.4 Å². The highest BCUT2D eigenvalue weighted by atomic mass is 79.9. The van der Waals surface area contributed by atoms with Gasteiger partial charge in [-0.2, -0.15) is 0 Å². The molecule has 0 aliphatic rings. The summed E-state index contributed by atoms with van der Waals surface area (Å²) in [5, 5.41) is 0. The molecule has 8 heteroatoms. The standard InChI is InChI=1S/C28H14Br2F2N2S2/c29-19-13-11-17(35-19)21-23(31)24(32)22(18-12-14-20(30)36-18)28-27(21)33-25(15-7-3-1-4-8-15)26(34-28)16-9-5-2-6-10-16/h1-14H. The van der Waals surface area contributed by atoms with Crippen molar-refractivity contribution in [1.29, 1.82) is 0 Å². The Kier molecular flexibility index (Phi) is 6.29. The van der Waals surface area contributed by atoms with Crippen molar-refractivity contribution in [3.63, 3.8) is 0 Å². The van der Waals surface area contributed by atoms with Crippen LogP contribution in [0.1, 0.15) is 0 Å². The van der Waals surface area contributed by atoms with Crippen LogP contribution in [0.15, 0.2) is 92.5 Å². The number of nitrogens with zero attached hydrogens (tertiary/aromatic N) is 2. The molecule has 0 unspecified atom stereocenters. The highest BCUT2D eigenvalue weighted by molar-refractivity contribution is 9.11. The summed E-state index contributed by atoms with van der Waals surface area (Å²) >= 11 is 9.54. The molecule has 0 bridgehead atoms. The molecule has 0 radical (unpaired) electrons. The predicted molar refractivity (Wildman–Crippen MR) is 152 cm³/mol. The molecule has 0 spiro atoms. The smallest absolute Gasteiger partial charge is 0.170 e. The topological polar surface area (TPSA) is 25.8 Å². The first-order chi connectivity index (χ1) is 17.5. The third kappa shape index (κ3) is 4.12. The fourth-order valence-corrected chi connectivity index (χ4v) is 7.00. The molecule has 0 aliphatic carbocycles. The van der Waals surface area contributed by atoms with Crippen LogP contribution in [0.25, 0.3) is 54.4 Å². The van der Waals surface area contributed by atoms with Crippen LogP contribution in [0.5, 0.6) is 0 Å². The number of halogens is 4. The van der Waals surface area contributed by atoms with E-state index in [1.54, 1.807) is 12.1 Å². The van der Waals surface area contributed by atoms with E-state index in [0.29, 0.717) is 32.2 Å². The molecule has 0 amide bonds. The Bertz CT molecular complexity index is 1600. The van der Waals surface area contributed by atoms with Gasteiger partial charge in [0.05, 0.1) is 30.1 Å². The quantitative estimate of drug-likeness (QED) is 0.192. The fraction of sp³-hybridized carbons (Fsp3) is 0. The maximum atomic E-state index is 15.9. The van der Waals surface area contributed by atoms with Gasteiger partial charge in [0.1, 0.15) is 11.0 Å². The van der Waals surface area contributed by atoms with E-state index in [9.17, 15) is 0 Å². The second kappa shape index (κ2) is 9.59. The molecule has 2 nitrogen and oxygen atoms in total. The number of fused-ring (bicyclic) bond motifs is 1. The Morgan fingerprint density at radius 2 is 0.917 bits per heavy atom.